The number of hydrogen-bond donors (Lipinski definition) is 1. The van der Waals surface area contributed by atoms with Gasteiger partial charge < -0.3 is 10.2 Å². The van der Waals surface area contributed by atoms with Crippen LogP contribution in [0.25, 0.3) is 6.08 Å². The van der Waals surface area contributed by atoms with E-state index in [0.717, 1.165) is 22.4 Å². The van der Waals surface area contributed by atoms with Crippen molar-refractivity contribution in [2.75, 3.05) is 15.1 Å². The number of nitrogens with one attached hydrogen (secondary N) is 1. The number of anilines is 3. The molecular weight excluding hydrogens is 484 g/mol. The molecule has 0 aromatic heterocycles. The molecule has 2 fully saturated rings. The number of benzene rings is 3. The summed E-state index contributed by atoms with van der Waals surface area (Å²) in [5.74, 6) is -2.82. The number of carbonyl (C=O) groups is 3. The fourth-order valence-corrected chi connectivity index (χ4v) is 5.99. The summed E-state index contributed by atoms with van der Waals surface area (Å²) < 4.78 is 0. The average molecular weight is 509 g/mol. The third kappa shape index (κ3) is 3.50. The Kier molecular flexibility index (Phi) is 5.37. The molecule has 0 spiro atoms. The Labute approximate surface area is 218 Å². The lowest BCUT2D eigenvalue weighted by molar-refractivity contribution is -0.384. The van der Waals surface area contributed by atoms with Crippen molar-refractivity contribution >= 4 is 46.5 Å². The zero-order chi connectivity index (χ0) is 26.7. The minimum Gasteiger partial charge on any atom is -0.351 e. The van der Waals surface area contributed by atoms with E-state index in [1.807, 2.05) is 67.3 Å². The second-order valence-electron chi connectivity index (χ2n) is 9.91. The molecule has 1 N–H and O–H groups in total. The number of nitro benzene ring substituents is 1. The molecule has 0 unspecified atom stereocenters. The Bertz CT molecular complexity index is 1550. The van der Waals surface area contributed by atoms with Gasteiger partial charge in [-0.2, -0.15) is 0 Å². The Morgan fingerprint density at radius 2 is 1.63 bits per heavy atom. The van der Waals surface area contributed by atoms with Gasteiger partial charge in [0.05, 0.1) is 28.5 Å². The SMILES string of the molecule is Cc1ccc(N2C(=O)[C@@H]3[C@H](C2=O)[C@@H]2C=Cc4ccccc4N2[C@@H]3C(=O)Nc2ccc([N+](=O)[O-])cc2)c(C)c1. The number of hydrogen-bond acceptors (Lipinski definition) is 6. The van der Waals surface area contributed by atoms with Crippen LogP contribution in [-0.2, 0) is 14.4 Å². The van der Waals surface area contributed by atoms with E-state index in [4.69, 9.17) is 0 Å². The first-order valence-electron chi connectivity index (χ1n) is 12.3. The molecule has 3 heterocycles. The van der Waals surface area contributed by atoms with Crippen molar-refractivity contribution < 1.29 is 19.3 Å². The molecular formula is C29H24N4O5. The van der Waals surface area contributed by atoms with Crippen molar-refractivity contribution in [3.8, 4) is 0 Å². The third-order valence-corrected chi connectivity index (χ3v) is 7.62. The molecule has 0 radical (unpaired) electrons. The second-order valence-corrected chi connectivity index (χ2v) is 9.91. The molecule has 2 saturated heterocycles. The topological polar surface area (TPSA) is 113 Å². The first-order valence-corrected chi connectivity index (χ1v) is 12.3. The predicted octanol–water partition coefficient (Wildman–Crippen LogP) is 4.24. The summed E-state index contributed by atoms with van der Waals surface area (Å²) in [6.07, 6.45) is 3.83. The van der Waals surface area contributed by atoms with Gasteiger partial charge in [-0.25, -0.2) is 4.90 Å². The van der Waals surface area contributed by atoms with Gasteiger partial charge in [-0.3, -0.25) is 24.5 Å². The van der Waals surface area contributed by atoms with E-state index >= 15 is 0 Å². The van der Waals surface area contributed by atoms with Gasteiger partial charge in [0, 0.05) is 23.5 Å². The first-order chi connectivity index (χ1) is 18.3. The van der Waals surface area contributed by atoms with Crippen molar-refractivity contribution in [1.82, 2.24) is 0 Å². The van der Waals surface area contributed by atoms with Gasteiger partial charge in [0.1, 0.15) is 6.04 Å². The fourth-order valence-electron chi connectivity index (χ4n) is 5.99. The largest absolute Gasteiger partial charge is 0.351 e. The standard InChI is InChI=1S/C29H24N4O5/c1-16-7-13-21(17(2)15-16)32-28(35)24-23-14-8-18-5-3-4-6-22(18)31(23)26(25(24)29(32)36)27(34)30-19-9-11-20(12-10-19)33(37)38/h3-15,23-26H,1-2H3,(H,30,34)/t23-,24+,25+,26-/m0/s1. The van der Waals surface area contributed by atoms with Gasteiger partial charge in [0.25, 0.3) is 5.69 Å². The van der Waals surface area contributed by atoms with Crippen molar-refractivity contribution in [1.29, 1.82) is 0 Å². The second kappa shape index (κ2) is 8.65. The molecule has 3 aromatic carbocycles. The van der Waals surface area contributed by atoms with Crippen LogP contribution >= 0.6 is 0 Å². The number of para-hydroxylation sites is 1. The summed E-state index contributed by atoms with van der Waals surface area (Å²) >= 11 is 0. The summed E-state index contributed by atoms with van der Waals surface area (Å²) in [4.78, 5) is 55.3. The lowest BCUT2D eigenvalue weighted by Gasteiger charge is -2.36. The molecule has 190 valence electrons. The molecule has 0 bridgehead atoms. The average Bonchev–Trinajstić information content (AvgIpc) is 3.37. The molecule has 9 nitrogen and oxygen atoms in total. The number of aryl methyl sites for hydroxylation is 2. The molecule has 0 saturated carbocycles. The highest BCUT2D eigenvalue weighted by Crippen LogP contribution is 2.49. The van der Waals surface area contributed by atoms with Gasteiger partial charge in [0.2, 0.25) is 17.7 Å². The monoisotopic (exact) mass is 508 g/mol. The Balaban J connectivity index is 1.42. The van der Waals surface area contributed by atoms with Gasteiger partial charge in [0.15, 0.2) is 0 Å². The minimum absolute atomic E-state index is 0.0974. The predicted molar refractivity (Wildman–Crippen MR) is 143 cm³/mol. The molecule has 38 heavy (non-hydrogen) atoms. The maximum Gasteiger partial charge on any atom is 0.269 e. The maximum atomic E-state index is 14.0. The van der Waals surface area contributed by atoms with Gasteiger partial charge >= 0.3 is 0 Å². The van der Waals surface area contributed by atoms with Crippen molar-refractivity contribution in [3.63, 3.8) is 0 Å². The smallest absolute Gasteiger partial charge is 0.269 e. The highest BCUT2D eigenvalue weighted by molar-refractivity contribution is 6.25. The van der Waals surface area contributed by atoms with Crippen LogP contribution < -0.4 is 15.1 Å². The van der Waals surface area contributed by atoms with Crippen LogP contribution in [0.5, 0.6) is 0 Å². The molecule has 9 heteroatoms. The summed E-state index contributed by atoms with van der Waals surface area (Å²) in [5.41, 5.74) is 4.29. The number of nitrogens with zero attached hydrogens (tertiary/aromatic N) is 3. The number of amides is 3. The molecule has 6 rings (SSSR count). The fraction of sp³-hybridized carbons (Fsp3) is 0.207. The van der Waals surface area contributed by atoms with Crippen LogP contribution in [0.15, 0.2) is 72.8 Å². The van der Waals surface area contributed by atoms with E-state index in [9.17, 15) is 24.5 Å². The Morgan fingerprint density at radius 3 is 2.34 bits per heavy atom. The number of fused-ring (bicyclic) bond motifs is 5. The highest BCUT2D eigenvalue weighted by Gasteiger charge is 2.64. The zero-order valence-corrected chi connectivity index (χ0v) is 20.7. The summed E-state index contributed by atoms with van der Waals surface area (Å²) in [5, 5.41) is 13.9. The maximum absolute atomic E-state index is 14.0. The van der Waals surface area contributed by atoms with E-state index in [1.165, 1.54) is 29.2 Å². The van der Waals surface area contributed by atoms with Gasteiger partial charge in [-0.1, -0.05) is 48.0 Å². The van der Waals surface area contributed by atoms with Crippen LogP contribution in [0.1, 0.15) is 16.7 Å². The Hall–Kier alpha value is -4.79. The van der Waals surface area contributed by atoms with Crippen molar-refractivity contribution in [3.05, 3.63) is 99.6 Å². The lowest BCUT2D eigenvalue weighted by Crippen LogP contribution is -2.50. The number of imide groups is 1. The molecule has 4 atom stereocenters. The molecule has 0 aliphatic carbocycles. The number of carbonyl (C=O) groups excluding carboxylic acids is 3. The molecule has 3 aromatic rings. The van der Waals surface area contributed by atoms with Crippen LogP contribution in [0.2, 0.25) is 0 Å². The van der Waals surface area contributed by atoms with E-state index in [1.54, 1.807) is 6.07 Å². The highest BCUT2D eigenvalue weighted by atomic mass is 16.6. The van der Waals surface area contributed by atoms with E-state index < -0.39 is 40.7 Å². The van der Waals surface area contributed by atoms with Crippen molar-refractivity contribution in [2.24, 2.45) is 11.8 Å². The van der Waals surface area contributed by atoms with Gasteiger partial charge in [-0.15, -0.1) is 0 Å². The van der Waals surface area contributed by atoms with Gasteiger partial charge in [-0.05, 0) is 49.2 Å². The summed E-state index contributed by atoms with van der Waals surface area (Å²) in [7, 11) is 0. The van der Waals surface area contributed by atoms with Crippen LogP contribution in [0.3, 0.4) is 0 Å². The van der Waals surface area contributed by atoms with E-state index in [-0.39, 0.29) is 11.6 Å². The van der Waals surface area contributed by atoms with E-state index in [2.05, 4.69) is 5.32 Å². The number of nitro groups is 1. The summed E-state index contributed by atoms with van der Waals surface area (Å²) in [6.45, 7) is 3.80. The lowest BCUT2D eigenvalue weighted by atomic mass is 9.88. The molecule has 3 aliphatic rings. The zero-order valence-electron chi connectivity index (χ0n) is 20.7. The van der Waals surface area contributed by atoms with Crippen LogP contribution in [-0.4, -0.2) is 34.7 Å². The third-order valence-electron chi connectivity index (χ3n) is 7.62. The molecule has 3 amide bonds. The van der Waals surface area contributed by atoms with E-state index in [0.29, 0.717) is 11.4 Å². The first kappa shape index (κ1) is 23.6. The van der Waals surface area contributed by atoms with Crippen LogP contribution in [0, 0.1) is 35.8 Å². The normalized spacial score (nSPS) is 23.2. The molecule has 3 aliphatic heterocycles. The number of non-ortho nitro benzene ring substituents is 1. The number of rotatable bonds is 4. The van der Waals surface area contributed by atoms with Crippen LogP contribution in [0.4, 0.5) is 22.7 Å². The quantitative estimate of drug-likeness (QED) is 0.320. The Morgan fingerprint density at radius 1 is 0.921 bits per heavy atom. The minimum atomic E-state index is -0.960. The van der Waals surface area contributed by atoms with Crippen molar-refractivity contribution in [2.45, 2.75) is 25.9 Å². The summed E-state index contributed by atoms with van der Waals surface area (Å²) in [6, 6.07) is 17.2.